The summed E-state index contributed by atoms with van der Waals surface area (Å²) in [5, 5.41) is 10.1. The van der Waals surface area contributed by atoms with Gasteiger partial charge in [0.05, 0.1) is 5.75 Å². The van der Waals surface area contributed by atoms with Crippen LogP contribution in [0.1, 0.15) is 11.4 Å². The zero-order chi connectivity index (χ0) is 13.0. The molecule has 0 radical (unpaired) electrons. The van der Waals surface area contributed by atoms with Gasteiger partial charge in [-0.1, -0.05) is 23.9 Å². The van der Waals surface area contributed by atoms with Gasteiger partial charge in [-0.15, -0.1) is 5.10 Å². The van der Waals surface area contributed by atoms with E-state index in [2.05, 4.69) is 20.5 Å². The van der Waals surface area contributed by atoms with Gasteiger partial charge in [0.25, 0.3) is 0 Å². The van der Waals surface area contributed by atoms with E-state index in [0.29, 0.717) is 10.9 Å². The predicted octanol–water partition coefficient (Wildman–Crippen LogP) is 2.15. The summed E-state index contributed by atoms with van der Waals surface area (Å²) in [6.45, 7) is 3.81. The molecule has 6 heteroatoms. The first-order chi connectivity index (χ1) is 8.63. The summed E-state index contributed by atoms with van der Waals surface area (Å²) >= 11 is 1.31. The molecule has 0 bridgehead atoms. The summed E-state index contributed by atoms with van der Waals surface area (Å²) in [5.74, 6) is 0.982. The average molecular weight is 262 g/mol. The maximum absolute atomic E-state index is 11.7. The van der Waals surface area contributed by atoms with Crippen LogP contribution in [0.5, 0.6) is 0 Å². The van der Waals surface area contributed by atoms with Gasteiger partial charge in [0.15, 0.2) is 0 Å². The minimum absolute atomic E-state index is 0.0620. The van der Waals surface area contributed by atoms with Gasteiger partial charge in [-0.05, 0) is 31.5 Å². The van der Waals surface area contributed by atoms with Gasteiger partial charge in [0.2, 0.25) is 11.1 Å². The molecule has 5 nitrogen and oxygen atoms in total. The van der Waals surface area contributed by atoms with E-state index in [1.807, 2.05) is 38.1 Å². The lowest BCUT2D eigenvalue weighted by atomic mass is 10.2. The van der Waals surface area contributed by atoms with Crippen LogP contribution in [0.3, 0.4) is 0 Å². The first-order valence-electron chi connectivity index (χ1n) is 5.52. The molecular formula is C12H14N4OS. The molecule has 2 aromatic rings. The molecule has 0 aliphatic rings. The summed E-state index contributed by atoms with van der Waals surface area (Å²) < 4.78 is 0. The largest absolute Gasteiger partial charge is 0.325 e. The number of rotatable bonds is 4. The highest BCUT2D eigenvalue weighted by Crippen LogP contribution is 2.14. The molecular weight excluding hydrogens is 248 g/mol. The summed E-state index contributed by atoms with van der Waals surface area (Å²) in [6, 6.07) is 7.70. The number of nitrogens with zero attached hydrogens (tertiary/aromatic N) is 2. The van der Waals surface area contributed by atoms with Gasteiger partial charge < -0.3 is 5.32 Å². The number of amides is 1. The molecule has 0 unspecified atom stereocenters. The number of aromatic nitrogens is 3. The minimum Gasteiger partial charge on any atom is -0.325 e. The molecule has 0 saturated carbocycles. The SMILES string of the molecule is Cc1cccc(NC(=O)CSc2n[nH]c(C)n2)c1. The lowest BCUT2D eigenvalue weighted by Crippen LogP contribution is -2.14. The molecule has 0 fully saturated rings. The Balaban J connectivity index is 1.85. The van der Waals surface area contributed by atoms with E-state index in [0.717, 1.165) is 17.1 Å². The van der Waals surface area contributed by atoms with Gasteiger partial charge in [-0.25, -0.2) is 4.98 Å². The van der Waals surface area contributed by atoms with Crippen molar-refractivity contribution in [1.29, 1.82) is 0 Å². The van der Waals surface area contributed by atoms with Crippen molar-refractivity contribution in [1.82, 2.24) is 15.2 Å². The fourth-order valence-electron chi connectivity index (χ4n) is 1.44. The van der Waals surface area contributed by atoms with Gasteiger partial charge >= 0.3 is 0 Å². The Hall–Kier alpha value is -1.82. The number of H-pyrrole nitrogens is 1. The smallest absolute Gasteiger partial charge is 0.234 e. The summed E-state index contributed by atoms with van der Waals surface area (Å²) in [4.78, 5) is 15.8. The van der Waals surface area contributed by atoms with E-state index < -0.39 is 0 Å². The van der Waals surface area contributed by atoms with Gasteiger partial charge in [0, 0.05) is 5.69 Å². The van der Waals surface area contributed by atoms with Crippen LogP contribution in [0.25, 0.3) is 0 Å². The monoisotopic (exact) mass is 262 g/mol. The van der Waals surface area contributed by atoms with E-state index in [1.54, 1.807) is 0 Å². The highest BCUT2D eigenvalue weighted by atomic mass is 32.2. The zero-order valence-corrected chi connectivity index (χ0v) is 11.0. The molecule has 94 valence electrons. The van der Waals surface area contributed by atoms with Crippen molar-refractivity contribution in [2.24, 2.45) is 0 Å². The van der Waals surface area contributed by atoms with Crippen molar-refractivity contribution in [2.45, 2.75) is 19.0 Å². The zero-order valence-electron chi connectivity index (χ0n) is 10.2. The molecule has 2 rings (SSSR count). The maximum atomic E-state index is 11.7. The lowest BCUT2D eigenvalue weighted by molar-refractivity contribution is -0.113. The molecule has 0 aliphatic carbocycles. The quantitative estimate of drug-likeness (QED) is 0.828. The van der Waals surface area contributed by atoms with E-state index in [9.17, 15) is 4.79 Å². The molecule has 1 aromatic heterocycles. The molecule has 0 aliphatic heterocycles. The van der Waals surface area contributed by atoms with Gasteiger partial charge in [-0.3, -0.25) is 9.89 Å². The number of carbonyl (C=O) groups excluding carboxylic acids is 1. The van der Waals surface area contributed by atoms with Crippen molar-refractivity contribution < 1.29 is 4.79 Å². The molecule has 1 amide bonds. The molecule has 1 aromatic carbocycles. The number of carbonyl (C=O) groups is 1. The number of hydrogen-bond acceptors (Lipinski definition) is 4. The van der Waals surface area contributed by atoms with E-state index in [1.165, 1.54) is 11.8 Å². The van der Waals surface area contributed by atoms with Crippen LogP contribution in [0, 0.1) is 13.8 Å². The number of aryl methyl sites for hydroxylation is 2. The van der Waals surface area contributed by atoms with E-state index >= 15 is 0 Å². The van der Waals surface area contributed by atoms with Crippen molar-refractivity contribution in [3.05, 3.63) is 35.7 Å². The minimum atomic E-state index is -0.0620. The number of thioether (sulfide) groups is 1. The average Bonchev–Trinajstić information content (AvgIpc) is 2.73. The van der Waals surface area contributed by atoms with Crippen molar-refractivity contribution in [3.8, 4) is 0 Å². The third-order valence-corrected chi connectivity index (χ3v) is 3.06. The molecule has 1 heterocycles. The summed E-state index contributed by atoms with van der Waals surface area (Å²) in [7, 11) is 0. The van der Waals surface area contributed by atoms with Crippen molar-refractivity contribution in [2.75, 3.05) is 11.1 Å². The van der Waals surface area contributed by atoms with Crippen LogP contribution in [-0.2, 0) is 4.79 Å². The first-order valence-corrected chi connectivity index (χ1v) is 6.50. The Morgan fingerprint density at radius 3 is 2.94 bits per heavy atom. The van der Waals surface area contributed by atoms with Crippen LogP contribution in [0.4, 0.5) is 5.69 Å². The number of benzene rings is 1. The number of aromatic amines is 1. The summed E-state index contributed by atoms with van der Waals surface area (Å²) in [5.41, 5.74) is 1.93. The lowest BCUT2D eigenvalue weighted by Gasteiger charge is -2.04. The Morgan fingerprint density at radius 2 is 2.28 bits per heavy atom. The third-order valence-electron chi connectivity index (χ3n) is 2.21. The second kappa shape index (κ2) is 5.68. The highest BCUT2D eigenvalue weighted by Gasteiger charge is 2.06. The van der Waals surface area contributed by atoms with Gasteiger partial charge in [-0.2, -0.15) is 0 Å². The van der Waals surface area contributed by atoms with Crippen molar-refractivity contribution >= 4 is 23.4 Å². The van der Waals surface area contributed by atoms with Crippen LogP contribution in [-0.4, -0.2) is 26.8 Å². The van der Waals surface area contributed by atoms with Crippen LogP contribution >= 0.6 is 11.8 Å². The number of nitrogens with one attached hydrogen (secondary N) is 2. The number of anilines is 1. The molecule has 0 spiro atoms. The van der Waals surface area contributed by atoms with Gasteiger partial charge in [0.1, 0.15) is 5.82 Å². The second-order valence-electron chi connectivity index (χ2n) is 3.91. The van der Waals surface area contributed by atoms with E-state index in [4.69, 9.17) is 0 Å². The van der Waals surface area contributed by atoms with Crippen LogP contribution < -0.4 is 5.32 Å². The predicted molar refractivity (Wildman–Crippen MR) is 71.7 cm³/mol. The summed E-state index contributed by atoms with van der Waals surface area (Å²) in [6.07, 6.45) is 0. The molecule has 2 N–H and O–H groups in total. The Bertz CT molecular complexity index is 553. The standard InChI is InChI=1S/C12H14N4OS/c1-8-4-3-5-10(6-8)14-11(17)7-18-12-13-9(2)15-16-12/h3-6H,7H2,1-2H3,(H,14,17)(H,13,15,16). The van der Waals surface area contributed by atoms with Crippen molar-refractivity contribution in [3.63, 3.8) is 0 Å². The van der Waals surface area contributed by atoms with Crippen LogP contribution in [0.2, 0.25) is 0 Å². The number of hydrogen-bond donors (Lipinski definition) is 2. The fourth-order valence-corrected chi connectivity index (χ4v) is 2.08. The highest BCUT2D eigenvalue weighted by molar-refractivity contribution is 7.99. The molecule has 18 heavy (non-hydrogen) atoms. The Kier molecular flexibility index (Phi) is 3.99. The topological polar surface area (TPSA) is 70.7 Å². The molecule has 0 saturated heterocycles. The first kappa shape index (κ1) is 12.6. The second-order valence-corrected chi connectivity index (χ2v) is 4.85. The van der Waals surface area contributed by atoms with E-state index in [-0.39, 0.29) is 5.91 Å². The molecule has 0 atom stereocenters. The maximum Gasteiger partial charge on any atom is 0.234 e. The normalized spacial score (nSPS) is 10.3. The van der Waals surface area contributed by atoms with Crippen LogP contribution in [0.15, 0.2) is 29.4 Å². The Morgan fingerprint density at radius 1 is 1.44 bits per heavy atom. The Labute approximate surface area is 109 Å². The fraction of sp³-hybridized carbons (Fsp3) is 0.250. The third kappa shape index (κ3) is 3.59.